The average Bonchev–Trinajstić information content (AvgIpc) is 2.34. The summed E-state index contributed by atoms with van der Waals surface area (Å²) in [6, 6.07) is 9.05. The van der Waals surface area contributed by atoms with Gasteiger partial charge in [0, 0.05) is 7.11 Å². The number of nitriles is 1. The van der Waals surface area contributed by atoms with E-state index in [9.17, 15) is 4.79 Å². The van der Waals surface area contributed by atoms with Gasteiger partial charge >= 0.3 is 0 Å². The Morgan fingerprint density at radius 2 is 2.22 bits per heavy atom. The highest BCUT2D eigenvalue weighted by atomic mass is 16.5. The molecule has 0 unspecified atom stereocenters. The fraction of sp³-hybridized carbons (Fsp3) is 0.429. The number of hydrogen-bond acceptors (Lipinski definition) is 3. The van der Waals surface area contributed by atoms with Gasteiger partial charge in [0.1, 0.15) is 6.07 Å². The van der Waals surface area contributed by atoms with Crippen molar-refractivity contribution >= 4 is 11.6 Å². The topological polar surface area (TPSA) is 62.1 Å². The van der Waals surface area contributed by atoms with Crippen LogP contribution in [0.2, 0.25) is 0 Å². The fourth-order valence-electron chi connectivity index (χ4n) is 2.20. The van der Waals surface area contributed by atoms with Gasteiger partial charge in [-0.25, -0.2) is 0 Å². The molecular weight excluding hydrogens is 228 g/mol. The number of amides is 1. The second-order valence-corrected chi connectivity index (χ2v) is 4.62. The van der Waals surface area contributed by atoms with Crippen molar-refractivity contribution in [3.63, 3.8) is 0 Å². The summed E-state index contributed by atoms with van der Waals surface area (Å²) in [6.45, 7) is 0. The molecule has 4 nitrogen and oxygen atoms in total. The first-order valence-electron chi connectivity index (χ1n) is 6.03. The van der Waals surface area contributed by atoms with Crippen LogP contribution in [0.5, 0.6) is 0 Å². The van der Waals surface area contributed by atoms with Crippen LogP contribution in [0.1, 0.15) is 31.2 Å². The summed E-state index contributed by atoms with van der Waals surface area (Å²) in [7, 11) is 1.65. The molecule has 94 valence electrons. The third-order valence-electron chi connectivity index (χ3n) is 3.50. The largest absolute Gasteiger partial charge is 0.378 e. The number of benzene rings is 1. The normalized spacial score (nSPS) is 16.4. The number of anilines is 1. The Balaban J connectivity index is 2.01. The zero-order valence-electron chi connectivity index (χ0n) is 10.4. The van der Waals surface area contributed by atoms with Crippen LogP contribution in [-0.4, -0.2) is 18.6 Å². The van der Waals surface area contributed by atoms with E-state index >= 15 is 0 Å². The van der Waals surface area contributed by atoms with Crippen LogP contribution >= 0.6 is 0 Å². The zero-order chi connectivity index (χ0) is 13.0. The van der Waals surface area contributed by atoms with Crippen molar-refractivity contribution < 1.29 is 9.53 Å². The molecule has 0 aliphatic heterocycles. The van der Waals surface area contributed by atoms with Crippen molar-refractivity contribution in [2.75, 3.05) is 12.4 Å². The maximum Gasteiger partial charge on any atom is 0.227 e. The SMILES string of the molecule is COC1(CC(=O)Nc2ccccc2C#N)CCC1. The highest BCUT2D eigenvalue weighted by Crippen LogP contribution is 2.38. The number of nitrogens with one attached hydrogen (secondary N) is 1. The fourth-order valence-corrected chi connectivity index (χ4v) is 2.20. The molecule has 1 N–H and O–H groups in total. The second kappa shape index (κ2) is 5.19. The van der Waals surface area contributed by atoms with Gasteiger partial charge in [0.25, 0.3) is 0 Å². The third-order valence-corrected chi connectivity index (χ3v) is 3.50. The predicted molar refractivity (Wildman–Crippen MR) is 68.0 cm³/mol. The van der Waals surface area contributed by atoms with E-state index in [1.165, 1.54) is 0 Å². The van der Waals surface area contributed by atoms with E-state index in [1.807, 2.05) is 0 Å². The van der Waals surface area contributed by atoms with Crippen LogP contribution in [0.25, 0.3) is 0 Å². The number of hydrogen-bond donors (Lipinski definition) is 1. The highest BCUT2D eigenvalue weighted by molar-refractivity contribution is 5.92. The summed E-state index contributed by atoms with van der Waals surface area (Å²) in [4.78, 5) is 11.9. The van der Waals surface area contributed by atoms with E-state index in [0.29, 0.717) is 17.7 Å². The molecule has 1 aliphatic carbocycles. The summed E-state index contributed by atoms with van der Waals surface area (Å²) < 4.78 is 5.41. The molecule has 4 heteroatoms. The standard InChI is InChI=1S/C14H16N2O2/c1-18-14(7-4-8-14)9-13(17)16-12-6-3-2-5-11(12)10-15/h2-3,5-6H,4,7-9H2,1H3,(H,16,17). The Kier molecular flexibility index (Phi) is 3.63. The molecule has 1 saturated carbocycles. The van der Waals surface area contributed by atoms with Crippen molar-refractivity contribution in [3.05, 3.63) is 29.8 Å². The van der Waals surface area contributed by atoms with Crippen LogP contribution in [0.4, 0.5) is 5.69 Å². The van der Waals surface area contributed by atoms with Crippen LogP contribution < -0.4 is 5.32 Å². The quantitative estimate of drug-likeness (QED) is 0.884. The number of carbonyl (C=O) groups excluding carboxylic acids is 1. The van der Waals surface area contributed by atoms with E-state index in [4.69, 9.17) is 10.00 Å². The molecule has 18 heavy (non-hydrogen) atoms. The minimum Gasteiger partial charge on any atom is -0.378 e. The van der Waals surface area contributed by atoms with Gasteiger partial charge in [-0.2, -0.15) is 5.26 Å². The summed E-state index contributed by atoms with van der Waals surface area (Å²) in [5.41, 5.74) is 0.757. The molecule has 0 heterocycles. The Bertz CT molecular complexity index is 481. The first-order chi connectivity index (χ1) is 8.69. The number of para-hydroxylation sites is 1. The molecule has 2 rings (SSSR count). The van der Waals surface area contributed by atoms with Crippen molar-refractivity contribution in [1.82, 2.24) is 0 Å². The van der Waals surface area contributed by atoms with Gasteiger partial charge in [0.05, 0.1) is 23.3 Å². The maximum atomic E-state index is 11.9. The zero-order valence-corrected chi connectivity index (χ0v) is 10.4. The van der Waals surface area contributed by atoms with E-state index < -0.39 is 0 Å². The van der Waals surface area contributed by atoms with E-state index in [0.717, 1.165) is 19.3 Å². The number of rotatable bonds is 4. The van der Waals surface area contributed by atoms with Crippen molar-refractivity contribution in [3.8, 4) is 6.07 Å². The monoisotopic (exact) mass is 244 g/mol. The lowest BCUT2D eigenvalue weighted by atomic mass is 9.77. The van der Waals surface area contributed by atoms with Crippen LogP contribution in [0, 0.1) is 11.3 Å². The second-order valence-electron chi connectivity index (χ2n) is 4.62. The highest BCUT2D eigenvalue weighted by Gasteiger charge is 2.39. The molecule has 0 radical (unpaired) electrons. The van der Waals surface area contributed by atoms with Gasteiger partial charge in [-0.3, -0.25) is 4.79 Å². The number of carbonyl (C=O) groups is 1. The van der Waals surface area contributed by atoms with Crippen LogP contribution in [0.15, 0.2) is 24.3 Å². The van der Waals surface area contributed by atoms with Crippen LogP contribution in [0.3, 0.4) is 0 Å². The van der Waals surface area contributed by atoms with Gasteiger partial charge in [-0.15, -0.1) is 0 Å². The van der Waals surface area contributed by atoms with Gasteiger partial charge in [0.2, 0.25) is 5.91 Å². The Hall–Kier alpha value is -1.86. The predicted octanol–water partition coefficient (Wildman–Crippen LogP) is 2.46. The molecule has 0 atom stereocenters. The van der Waals surface area contributed by atoms with E-state index in [2.05, 4.69) is 11.4 Å². The smallest absolute Gasteiger partial charge is 0.227 e. The summed E-state index contributed by atoms with van der Waals surface area (Å²) >= 11 is 0. The van der Waals surface area contributed by atoms with Gasteiger partial charge in [-0.1, -0.05) is 12.1 Å². The Morgan fingerprint density at radius 1 is 1.50 bits per heavy atom. The molecular formula is C14H16N2O2. The molecule has 1 fully saturated rings. The lowest BCUT2D eigenvalue weighted by Gasteiger charge is -2.39. The molecule has 1 aromatic rings. The van der Waals surface area contributed by atoms with Crippen molar-refractivity contribution in [1.29, 1.82) is 5.26 Å². The van der Waals surface area contributed by atoms with Crippen molar-refractivity contribution in [2.24, 2.45) is 0 Å². The molecule has 0 spiro atoms. The summed E-state index contributed by atoms with van der Waals surface area (Å²) in [5.74, 6) is -0.0979. The molecule has 0 bridgehead atoms. The molecule has 0 saturated heterocycles. The number of methoxy groups -OCH3 is 1. The summed E-state index contributed by atoms with van der Waals surface area (Å²) in [5, 5.41) is 11.7. The molecule has 1 amide bonds. The lowest BCUT2D eigenvalue weighted by Crippen LogP contribution is -2.42. The lowest BCUT2D eigenvalue weighted by molar-refractivity contribution is -0.129. The van der Waals surface area contributed by atoms with E-state index in [1.54, 1.807) is 31.4 Å². The van der Waals surface area contributed by atoms with Crippen LogP contribution in [-0.2, 0) is 9.53 Å². The Labute approximate surface area is 107 Å². The van der Waals surface area contributed by atoms with Gasteiger partial charge < -0.3 is 10.1 Å². The maximum absolute atomic E-state index is 11.9. The van der Waals surface area contributed by atoms with E-state index in [-0.39, 0.29) is 11.5 Å². The molecule has 1 aliphatic rings. The third kappa shape index (κ3) is 2.52. The minimum atomic E-state index is -0.286. The number of nitrogens with zero attached hydrogens (tertiary/aromatic N) is 1. The van der Waals surface area contributed by atoms with Gasteiger partial charge in [-0.05, 0) is 31.4 Å². The molecule has 1 aromatic carbocycles. The molecule has 0 aromatic heterocycles. The summed E-state index contributed by atoms with van der Waals surface area (Å²) in [6.07, 6.45) is 3.31. The van der Waals surface area contributed by atoms with Gasteiger partial charge in [0.15, 0.2) is 0 Å². The average molecular weight is 244 g/mol. The van der Waals surface area contributed by atoms with Crippen molar-refractivity contribution in [2.45, 2.75) is 31.3 Å². The first-order valence-corrected chi connectivity index (χ1v) is 6.03. The Morgan fingerprint density at radius 3 is 2.78 bits per heavy atom. The number of ether oxygens (including phenoxy) is 1. The minimum absolute atomic E-state index is 0.0979. The first kappa shape index (κ1) is 12.6.